The summed E-state index contributed by atoms with van der Waals surface area (Å²) in [6, 6.07) is 0.540. The van der Waals surface area contributed by atoms with Crippen LogP contribution in [0.4, 0.5) is 0 Å². The molecule has 0 saturated carbocycles. The zero-order valence-electron chi connectivity index (χ0n) is 15.4. The summed E-state index contributed by atoms with van der Waals surface area (Å²) in [5.41, 5.74) is 0. The van der Waals surface area contributed by atoms with E-state index in [9.17, 15) is 0 Å². The summed E-state index contributed by atoms with van der Waals surface area (Å²) in [5, 5.41) is 3.57. The van der Waals surface area contributed by atoms with Gasteiger partial charge < -0.3 is 19.9 Å². The third-order valence-electron chi connectivity index (χ3n) is 4.33. The van der Waals surface area contributed by atoms with Crippen LogP contribution in [-0.2, 0) is 4.74 Å². The zero-order chi connectivity index (χ0) is 16.5. The van der Waals surface area contributed by atoms with Crippen LogP contribution >= 0.6 is 0 Å². The second-order valence-corrected chi connectivity index (χ2v) is 6.82. The number of piperidine rings is 1. The van der Waals surface area contributed by atoms with Crippen molar-refractivity contribution in [3.05, 3.63) is 0 Å². The van der Waals surface area contributed by atoms with Gasteiger partial charge in [0.05, 0.1) is 6.10 Å². The normalized spacial score (nSPS) is 19.1. The second-order valence-electron chi connectivity index (χ2n) is 6.82. The van der Waals surface area contributed by atoms with Crippen molar-refractivity contribution in [3.63, 3.8) is 0 Å². The summed E-state index contributed by atoms with van der Waals surface area (Å²) in [7, 11) is 6.19. The fourth-order valence-electron chi connectivity index (χ4n) is 3.03. The van der Waals surface area contributed by atoms with Crippen LogP contribution in [0.5, 0.6) is 0 Å². The van der Waals surface area contributed by atoms with Crippen molar-refractivity contribution in [2.75, 3.05) is 47.4 Å². The van der Waals surface area contributed by atoms with Gasteiger partial charge in [-0.25, -0.2) is 0 Å². The first kappa shape index (κ1) is 19.2. The van der Waals surface area contributed by atoms with E-state index in [0.717, 1.165) is 45.0 Å². The molecule has 22 heavy (non-hydrogen) atoms. The molecule has 1 fully saturated rings. The lowest BCUT2D eigenvalue weighted by molar-refractivity contribution is 0.0263. The van der Waals surface area contributed by atoms with Gasteiger partial charge in [-0.2, -0.15) is 0 Å². The Morgan fingerprint density at radius 2 is 1.95 bits per heavy atom. The van der Waals surface area contributed by atoms with Crippen LogP contribution in [0.25, 0.3) is 0 Å². The minimum Gasteiger partial charge on any atom is -0.378 e. The number of likely N-dealkylation sites (tertiary alicyclic amines) is 1. The molecule has 1 aliphatic heterocycles. The Balaban J connectivity index is 2.45. The standard InChI is InChI=1S/C17H36N4O/c1-7-22-16-8-10-21(11-9-16)17(18-4)19-13-15(20(5)6)12-14(2)3/h14-16H,7-13H2,1-6H3,(H,18,19). The summed E-state index contributed by atoms with van der Waals surface area (Å²) in [4.78, 5) is 9.13. The lowest BCUT2D eigenvalue weighted by Crippen LogP contribution is -2.50. The number of likely N-dealkylation sites (N-methyl/N-ethyl adjacent to an activating group) is 1. The summed E-state index contributed by atoms with van der Waals surface area (Å²) in [6.07, 6.45) is 3.81. The Morgan fingerprint density at radius 1 is 1.32 bits per heavy atom. The van der Waals surface area contributed by atoms with Gasteiger partial charge in [-0.15, -0.1) is 0 Å². The van der Waals surface area contributed by atoms with Gasteiger partial charge in [-0.05, 0) is 46.2 Å². The predicted octanol–water partition coefficient (Wildman–Crippen LogP) is 2.04. The smallest absolute Gasteiger partial charge is 0.193 e. The highest BCUT2D eigenvalue weighted by Crippen LogP contribution is 2.14. The van der Waals surface area contributed by atoms with Crippen LogP contribution in [0.2, 0.25) is 0 Å². The van der Waals surface area contributed by atoms with Crippen LogP contribution in [0, 0.1) is 5.92 Å². The fraction of sp³-hybridized carbons (Fsp3) is 0.941. The quantitative estimate of drug-likeness (QED) is 0.577. The molecule has 1 saturated heterocycles. The molecule has 1 N–H and O–H groups in total. The number of hydrogen-bond donors (Lipinski definition) is 1. The van der Waals surface area contributed by atoms with E-state index in [-0.39, 0.29) is 0 Å². The molecule has 0 bridgehead atoms. The first-order valence-corrected chi connectivity index (χ1v) is 8.71. The number of aliphatic imine (C=N–C) groups is 1. The number of ether oxygens (including phenoxy) is 1. The average molecular weight is 313 g/mol. The molecule has 5 heteroatoms. The maximum absolute atomic E-state index is 5.72. The lowest BCUT2D eigenvalue weighted by atomic mass is 10.0. The maximum Gasteiger partial charge on any atom is 0.193 e. The van der Waals surface area contributed by atoms with E-state index in [2.05, 4.69) is 55.0 Å². The predicted molar refractivity (Wildman–Crippen MR) is 94.5 cm³/mol. The van der Waals surface area contributed by atoms with E-state index >= 15 is 0 Å². The van der Waals surface area contributed by atoms with Crippen LogP contribution in [0.1, 0.15) is 40.0 Å². The number of hydrogen-bond acceptors (Lipinski definition) is 3. The molecule has 0 spiro atoms. The minimum absolute atomic E-state index is 0.426. The maximum atomic E-state index is 5.72. The summed E-state index contributed by atoms with van der Waals surface area (Å²) in [5.74, 6) is 1.74. The van der Waals surface area contributed by atoms with Crippen molar-refractivity contribution in [1.82, 2.24) is 15.1 Å². The van der Waals surface area contributed by atoms with E-state index in [1.807, 2.05) is 7.05 Å². The third-order valence-corrected chi connectivity index (χ3v) is 4.33. The number of nitrogens with one attached hydrogen (secondary N) is 1. The van der Waals surface area contributed by atoms with Crippen molar-refractivity contribution in [2.45, 2.75) is 52.2 Å². The minimum atomic E-state index is 0.426. The Kier molecular flexibility index (Phi) is 8.79. The highest BCUT2D eigenvalue weighted by atomic mass is 16.5. The first-order valence-electron chi connectivity index (χ1n) is 8.71. The average Bonchev–Trinajstić information content (AvgIpc) is 2.48. The van der Waals surface area contributed by atoms with Gasteiger partial charge >= 0.3 is 0 Å². The van der Waals surface area contributed by atoms with Gasteiger partial charge in [0.25, 0.3) is 0 Å². The molecule has 0 radical (unpaired) electrons. The number of nitrogens with zero attached hydrogens (tertiary/aromatic N) is 3. The monoisotopic (exact) mass is 312 g/mol. The van der Waals surface area contributed by atoms with Gasteiger partial charge in [0, 0.05) is 39.3 Å². The van der Waals surface area contributed by atoms with Crippen LogP contribution in [0.3, 0.4) is 0 Å². The van der Waals surface area contributed by atoms with Crippen LogP contribution in [0.15, 0.2) is 4.99 Å². The van der Waals surface area contributed by atoms with Gasteiger partial charge in [-0.1, -0.05) is 13.8 Å². The second kappa shape index (κ2) is 10.1. The fourth-order valence-corrected chi connectivity index (χ4v) is 3.03. The molecule has 1 unspecified atom stereocenters. The molecule has 130 valence electrons. The van der Waals surface area contributed by atoms with Crippen molar-refractivity contribution < 1.29 is 4.74 Å². The number of rotatable bonds is 7. The van der Waals surface area contributed by atoms with Crippen molar-refractivity contribution >= 4 is 5.96 Å². The Morgan fingerprint density at radius 3 is 2.41 bits per heavy atom. The van der Waals surface area contributed by atoms with Gasteiger partial charge in [0.15, 0.2) is 5.96 Å². The summed E-state index contributed by atoms with van der Waals surface area (Å²) in [6.45, 7) is 10.5. The van der Waals surface area contributed by atoms with Crippen molar-refractivity contribution in [1.29, 1.82) is 0 Å². The summed E-state index contributed by atoms with van der Waals surface area (Å²) < 4.78 is 5.72. The highest BCUT2D eigenvalue weighted by molar-refractivity contribution is 5.80. The molecule has 0 aromatic carbocycles. The van der Waals surface area contributed by atoms with E-state index in [0.29, 0.717) is 18.1 Å². The van der Waals surface area contributed by atoms with Crippen molar-refractivity contribution in [2.24, 2.45) is 10.9 Å². The molecular weight excluding hydrogens is 276 g/mol. The molecule has 5 nitrogen and oxygen atoms in total. The van der Waals surface area contributed by atoms with E-state index < -0.39 is 0 Å². The van der Waals surface area contributed by atoms with Crippen molar-refractivity contribution in [3.8, 4) is 0 Å². The Bertz CT molecular complexity index is 323. The molecule has 0 aromatic rings. The molecular formula is C17H36N4O. The molecule has 1 heterocycles. The molecule has 0 amide bonds. The van der Waals surface area contributed by atoms with Gasteiger partial charge in [0.2, 0.25) is 0 Å². The van der Waals surface area contributed by atoms with Gasteiger partial charge in [0.1, 0.15) is 0 Å². The largest absolute Gasteiger partial charge is 0.378 e. The molecule has 1 rings (SSSR count). The molecule has 1 atom stereocenters. The zero-order valence-corrected chi connectivity index (χ0v) is 15.4. The van der Waals surface area contributed by atoms with E-state index in [1.54, 1.807) is 0 Å². The topological polar surface area (TPSA) is 40.1 Å². The first-order chi connectivity index (χ1) is 10.5. The SMILES string of the molecule is CCOC1CCN(C(=NC)NCC(CC(C)C)N(C)C)CC1. The van der Waals surface area contributed by atoms with Gasteiger partial charge in [-0.3, -0.25) is 4.99 Å². The summed E-state index contributed by atoms with van der Waals surface area (Å²) >= 11 is 0. The lowest BCUT2D eigenvalue weighted by Gasteiger charge is -2.35. The van der Waals surface area contributed by atoms with E-state index in [1.165, 1.54) is 6.42 Å². The molecule has 1 aliphatic rings. The number of guanidine groups is 1. The van der Waals surface area contributed by atoms with E-state index in [4.69, 9.17) is 4.74 Å². The van der Waals surface area contributed by atoms with Crippen LogP contribution in [-0.4, -0.2) is 75.3 Å². The molecule has 0 aliphatic carbocycles. The third kappa shape index (κ3) is 6.53. The van der Waals surface area contributed by atoms with Crippen LogP contribution < -0.4 is 5.32 Å². The Labute approximate surface area is 137 Å². The Hall–Kier alpha value is -0.810. The highest BCUT2D eigenvalue weighted by Gasteiger charge is 2.22. The molecule has 0 aromatic heterocycles.